The molecule has 0 fully saturated rings. The summed E-state index contributed by atoms with van der Waals surface area (Å²) >= 11 is 0. The molecule has 1 unspecified atom stereocenters. The molecule has 0 aliphatic heterocycles. The summed E-state index contributed by atoms with van der Waals surface area (Å²) in [6.45, 7) is 8.59. The first kappa shape index (κ1) is 31.0. The van der Waals surface area contributed by atoms with Gasteiger partial charge in [0, 0.05) is 0 Å². The topological polar surface area (TPSA) is 223 Å². The van der Waals surface area contributed by atoms with E-state index in [0.29, 0.717) is 12.3 Å². The third kappa shape index (κ3) is 22.1. The SMILES string of the molecule is CC(CCN(CP(=O)(O)O)CP(=O)(O)O)CC(C)(C)C.N.N.N. The van der Waals surface area contributed by atoms with E-state index < -0.39 is 27.8 Å². The van der Waals surface area contributed by atoms with Crippen molar-refractivity contribution in [2.75, 3.05) is 19.1 Å². The van der Waals surface area contributed by atoms with Crippen molar-refractivity contribution in [1.29, 1.82) is 0 Å². The minimum atomic E-state index is -4.33. The number of hydrogen-bond acceptors (Lipinski definition) is 6. The molecule has 0 saturated carbocycles. The third-order valence-corrected chi connectivity index (χ3v) is 4.20. The Morgan fingerprint density at radius 2 is 1.26 bits per heavy atom. The molecule has 0 heterocycles. The van der Waals surface area contributed by atoms with Crippen molar-refractivity contribution in [1.82, 2.24) is 23.4 Å². The Balaban J connectivity index is -0.000000602. The molecule has 146 valence electrons. The van der Waals surface area contributed by atoms with Crippen LogP contribution in [0.4, 0.5) is 0 Å². The van der Waals surface area contributed by atoms with E-state index in [9.17, 15) is 9.13 Å². The summed E-state index contributed by atoms with van der Waals surface area (Å²) < 4.78 is 22.0. The van der Waals surface area contributed by atoms with Crippen LogP contribution in [0.3, 0.4) is 0 Å². The molecular formula is C11H36N4O6P2. The summed E-state index contributed by atoms with van der Waals surface area (Å²) in [5, 5.41) is 0. The average Bonchev–Trinajstić information content (AvgIpc) is 2.06. The maximum atomic E-state index is 11.0. The molecule has 0 aromatic rings. The van der Waals surface area contributed by atoms with Crippen molar-refractivity contribution in [3.05, 3.63) is 0 Å². The molecule has 12 heteroatoms. The first-order valence-corrected chi connectivity index (χ1v) is 10.1. The van der Waals surface area contributed by atoms with Gasteiger partial charge >= 0.3 is 15.2 Å². The molecule has 0 radical (unpaired) electrons. The Labute approximate surface area is 139 Å². The van der Waals surface area contributed by atoms with E-state index in [1.54, 1.807) is 0 Å². The first-order valence-electron chi connectivity index (χ1n) is 6.49. The van der Waals surface area contributed by atoms with Crippen LogP contribution in [0, 0.1) is 11.3 Å². The lowest BCUT2D eigenvalue weighted by Crippen LogP contribution is -2.29. The smallest absolute Gasteiger partial charge is 0.339 e. The van der Waals surface area contributed by atoms with Gasteiger partial charge in [0.25, 0.3) is 0 Å². The number of nitrogens with zero attached hydrogens (tertiary/aromatic N) is 1. The second-order valence-electron chi connectivity index (χ2n) is 6.67. The highest BCUT2D eigenvalue weighted by Crippen LogP contribution is 2.41. The van der Waals surface area contributed by atoms with Crippen LogP contribution in [-0.4, -0.2) is 43.6 Å². The molecule has 0 aliphatic carbocycles. The molecule has 0 aromatic carbocycles. The van der Waals surface area contributed by atoms with Crippen LogP contribution < -0.4 is 18.5 Å². The molecule has 0 amide bonds. The van der Waals surface area contributed by atoms with Gasteiger partial charge in [0.05, 0.1) is 0 Å². The van der Waals surface area contributed by atoms with Gasteiger partial charge in [0.1, 0.15) is 12.6 Å². The van der Waals surface area contributed by atoms with E-state index in [4.69, 9.17) is 19.6 Å². The molecule has 0 rings (SSSR count). The Kier molecular flexibility index (Phi) is 15.7. The quantitative estimate of drug-likeness (QED) is 0.303. The van der Waals surface area contributed by atoms with Gasteiger partial charge in [0.15, 0.2) is 0 Å². The molecule has 0 aliphatic rings. The fraction of sp³-hybridized carbons (Fsp3) is 1.00. The van der Waals surface area contributed by atoms with E-state index in [1.165, 1.54) is 0 Å². The highest BCUT2D eigenvalue weighted by Gasteiger charge is 2.26. The lowest BCUT2D eigenvalue weighted by Gasteiger charge is -2.27. The highest BCUT2D eigenvalue weighted by molar-refractivity contribution is 7.52. The maximum Gasteiger partial charge on any atom is 0.339 e. The predicted octanol–water partition coefficient (Wildman–Crippen LogP) is 2.51. The van der Waals surface area contributed by atoms with Gasteiger partial charge in [-0.25, -0.2) is 0 Å². The van der Waals surface area contributed by atoms with Crippen LogP contribution in [0.15, 0.2) is 0 Å². The van der Waals surface area contributed by atoms with Gasteiger partial charge < -0.3 is 38.0 Å². The molecular weight excluding hydrogens is 346 g/mol. The molecule has 0 aromatic heterocycles. The van der Waals surface area contributed by atoms with Crippen LogP contribution in [0.1, 0.15) is 40.5 Å². The lowest BCUT2D eigenvalue weighted by atomic mass is 9.84. The van der Waals surface area contributed by atoms with Crippen molar-refractivity contribution in [2.24, 2.45) is 11.3 Å². The second kappa shape index (κ2) is 11.7. The zero-order valence-corrected chi connectivity index (χ0v) is 16.5. The van der Waals surface area contributed by atoms with Gasteiger partial charge in [0.2, 0.25) is 0 Å². The summed E-state index contributed by atoms with van der Waals surface area (Å²) in [6, 6.07) is 0. The fourth-order valence-corrected chi connectivity index (χ4v) is 3.94. The van der Waals surface area contributed by atoms with Crippen molar-refractivity contribution >= 4 is 15.2 Å². The van der Waals surface area contributed by atoms with E-state index in [2.05, 4.69) is 20.8 Å². The Hall–Kier alpha value is 0.140. The molecule has 13 N–H and O–H groups in total. The predicted molar refractivity (Wildman–Crippen MR) is 93.4 cm³/mol. The average molecular weight is 382 g/mol. The van der Waals surface area contributed by atoms with Crippen molar-refractivity contribution in [3.8, 4) is 0 Å². The molecule has 0 bridgehead atoms. The lowest BCUT2D eigenvalue weighted by molar-refractivity contribution is 0.240. The summed E-state index contributed by atoms with van der Waals surface area (Å²) in [6.07, 6.45) is 0.324. The van der Waals surface area contributed by atoms with Crippen molar-refractivity contribution in [2.45, 2.75) is 40.5 Å². The van der Waals surface area contributed by atoms with Crippen LogP contribution in [0.5, 0.6) is 0 Å². The number of rotatable bonds is 8. The zero-order chi connectivity index (χ0) is 16.2. The van der Waals surface area contributed by atoms with Gasteiger partial charge in [-0.1, -0.05) is 27.7 Å². The second-order valence-corrected chi connectivity index (χ2v) is 9.89. The Morgan fingerprint density at radius 1 is 0.913 bits per heavy atom. The van der Waals surface area contributed by atoms with E-state index in [0.717, 1.165) is 11.3 Å². The fourth-order valence-electron chi connectivity index (χ4n) is 2.26. The molecule has 10 nitrogen and oxygen atoms in total. The monoisotopic (exact) mass is 382 g/mol. The minimum Gasteiger partial charge on any atom is -0.344 e. The van der Waals surface area contributed by atoms with Gasteiger partial charge in [-0.05, 0) is 30.7 Å². The normalized spacial score (nSPS) is 13.6. The maximum absolute atomic E-state index is 11.0. The van der Waals surface area contributed by atoms with Crippen LogP contribution in [-0.2, 0) is 9.13 Å². The Bertz CT molecular complexity index is 368. The summed E-state index contributed by atoms with van der Waals surface area (Å²) in [7, 11) is -8.65. The number of hydrogen-bond donors (Lipinski definition) is 7. The van der Waals surface area contributed by atoms with Crippen molar-refractivity contribution < 1.29 is 28.7 Å². The van der Waals surface area contributed by atoms with E-state index in [-0.39, 0.29) is 30.4 Å². The molecule has 1 atom stereocenters. The summed E-state index contributed by atoms with van der Waals surface area (Å²) in [4.78, 5) is 37.0. The highest BCUT2D eigenvalue weighted by atomic mass is 31.2. The standard InChI is InChI=1S/C11H27NO6P2.3H3N/c1-10(7-11(2,3)4)5-6-12(8-19(13,14)15)9-20(16,17)18;;;/h10H,5-9H2,1-4H3,(H2,13,14,15)(H2,16,17,18);3*1H3. The molecule has 0 spiro atoms. The minimum absolute atomic E-state index is 0. The van der Waals surface area contributed by atoms with Crippen LogP contribution >= 0.6 is 15.2 Å². The largest absolute Gasteiger partial charge is 0.344 e. The van der Waals surface area contributed by atoms with Crippen LogP contribution in [0.25, 0.3) is 0 Å². The van der Waals surface area contributed by atoms with Crippen molar-refractivity contribution in [3.63, 3.8) is 0 Å². The van der Waals surface area contributed by atoms with Gasteiger partial charge in [-0.15, -0.1) is 0 Å². The molecule has 0 saturated heterocycles. The third-order valence-electron chi connectivity index (χ3n) is 2.67. The summed E-state index contributed by atoms with van der Waals surface area (Å²) in [5.74, 6) is 0.311. The first-order chi connectivity index (χ1) is 8.68. The van der Waals surface area contributed by atoms with Crippen LogP contribution in [0.2, 0.25) is 0 Å². The van der Waals surface area contributed by atoms with Gasteiger partial charge in [-0.3, -0.25) is 14.0 Å². The Morgan fingerprint density at radius 3 is 1.52 bits per heavy atom. The van der Waals surface area contributed by atoms with Gasteiger partial charge in [-0.2, -0.15) is 0 Å². The van der Waals surface area contributed by atoms with E-state index in [1.807, 2.05) is 6.92 Å². The summed E-state index contributed by atoms with van der Waals surface area (Å²) in [5.41, 5.74) is 0.150. The van der Waals surface area contributed by atoms with E-state index >= 15 is 0 Å². The molecule has 23 heavy (non-hydrogen) atoms. The zero-order valence-electron chi connectivity index (χ0n) is 14.7.